The van der Waals surface area contributed by atoms with E-state index in [1.54, 1.807) is 19.9 Å². The molecule has 0 radical (unpaired) electrons. The van der Waals surface area contributed by atoms with E-state index in [1.807, 2.05) is 6.92 Å². The van der Waals surface area contributed by atoms with E-state index in [0.29, 0.717) is 23.4 Å². The zero-order valence-corrected chi connectivity index (χ0v) is 12.6. The largest absolute Gasteiger partial charge is 0.479 e. The number of aliphatic carboxylic acids is 1. The van der Waals surface area contributed by atoms with Gasteiger partial charge in [0.2, 0.25) is 0 Å². The Balaban J connectivity index is 2.31. The summed E-state index contributed by atoms with van der Waals surface area (Å²) in [7, 11) is 0. The second kappa shape index (κ2) is 5.79. The van der Waals surface area contributed by atoms with Crippen LogP contribution in [0.25, 0.3) is 0 Å². The van der Waals surface area contributed by atoms with Crippen molar-refractivity contribution in [3.05, 3.63) is 23.0 Å². The quantitative estimate of drug-likeness (QED) is 0.886. The lowest BCUT2D eigenvalue weighted by molar-refractivity contribution is -0.148. The first kappa shape index (κ1) is 15.4. The minimum Gasteiger partial charge on any atom is -0.479 e. The van der Waals surface area contributed by atoms with Gasteiger partial charge < -0.3 is 10.4 Å². The average Bonchev–Trinajstić information content (AvgIpc) is 2.43. The van der Waals surface area contributed by atoms with E-state index in [1.165, 1.54) is 0 Å². The molecule has 2 unspecified atom stereocenters. The molecule has 1 aromatic rings. The van der Waals surface area contributed by atoms with Crippen molar-refractivity contribution < 1.29 is 14.7 Å². The van der Waals surface area contributed by atoms with E-state index in [0.717, 1.165) is 19.3 Å². The van der Waals surface area contributed by atoms with E-state index >= 15 is 0 Å². The standard InChI is InChI=1S/C15H21N3O3/c1-9-6-4-5-7-15(9,14(20)21)16-13(19)12-8-10(2)17-18-11(12)3/h8-9H,4-7H2,1-3H3,(H,16,19)(H,20,21). The summed E-state index contributed by atoms with van der Waals surface area (Å²) in [6, 6.07) is 1.64. The zero-order chi connectivity index (χ0) is 15.6. The number of carboxylic acids is 1. The van der Waals surface area contributed by atoms with Gasteiger partial charge in [0.25, 0.3) is 5.91 Å². The summed E-state index contributed by atoms with van der Waals surface area (Å²) in [5.74, 6) is -1.44. The van der Waals surface area contributed by atoms with Gasteiger partial charge >= 0.3 is 5.97 Å². The second-order valence-corrected chi connectivity index (χ2v) is 5.86. The number of hydrogen-bond acceptors (Lipinski definition) is 4. The van der Waals surface area contributed by atoms with E-state index in [-0.39, 0.29) is 11.8 Å². The normalized spacial score (nSPS) is 25.4. The van der Waals surface area contributed by atoms with Crippen molar-refractivity contribution in [1.29, 1.82) is 0 Å². The summed E-state index contributed by atoms with van der Waals surface area (Å²) in [5.41, 5.74) is 0.341. The molecule has 114 valence electrons. The molecule has 1 fully saturated rings. The third-order valence-electron chi connectivity index (χ3n) is 4.36. The Bertz CT molecular complexity index is 573. The minimum atomic E-state index is -1.18. The fourth-order valence-electron chi connectivity index (χ4n) is 2.95. The molecule has 2 atom stereocenters. The van der Waals surface area contributed by atoms with Gasteiger partial charge in [-0.1, -0.05) is 19.8 Å². The van der Waals surface area contributed by atoms with Crippen LogP contribution in [0.1, 0.15) is 54.4 Å². The Labute approximate surface area is 124 Å². The van der Waals surface area contributed by atoms with E-state index in [2.05, 4.69) is 15.5 Å². The molecular weight excluding hydrogens is 270 g/mol. The Morgan fingerprint density at radius 1 is 1.33 bits per heavy atom. The van der Waals surface area contributed by atoms with Crippen molar-refractivity contribution in [2.75, 3.05) is 0 Å². The van der Waals surface area contributed by atoms with Gasteiger partial charge in [-0.3, -0.25) is 4.79 Å². The van der Waals surface area contributed by atoms with Crippen molar-refractivity contribution in [2.24, 2.45) is 5.92 Å². The third-order valence-corrected chi connectivity index (χ3v) is 4.36. The SMILES string of the molecule is Cc1cc(C(=O)NC2(C(=O)O)CCCCC2C)c(C)nn1. The maximum Gasteiger partial charge on any atom is 0.329 e. The minimum absolute atomic E-state index is 0.0936. The molecule has 2 N–H and O–H groups in total. The van der Waals surface area contributed by atoms with Gasteiger partial charge in [-0.25, -0.2) is 4.79 Å². The maximum atomic E-state index is 12.5. The highest BCUT2D eigenvalue weighted by Gasteiger charge is 2.46. The molecule has 6 heteroatoms. The monoisotopic (exact) mass is 291 g/mol. The van der Waals surface area contributed by atoms with E-state index in [9.17, 15) is 14.7 Å². The van der Waals surface area contributed by atoms with Gasteiger partial charge in [0, 0.05) is 0 Å². The highest BCUT2D eigenvalue weighted by molar-refractivity contribution is 5.98. The first-order chi connectivity index (χ1) is 9.86. The second-order valence-electron chi connectivity index (χ2n) is 5.86. The molecule has 6 nitrogen and oxygen atoms in total. The molecule has 1 aliphatic rings. The molecule has 0 aliphatic heterocycles. The van der Waals surface area contributed by atoms with Crippen LogP contribution in [-0.2, 0) is 4.79 Å². The lowest BCUT2D eigenvalue weighted by atomic mass is 9.73. The smallest absolute Gasteiger partial charge is 0.329 e. The van der Waals surface area contributed by atoms with Crippen LogP contribution in [0.2, 0.25) is 0 Å². The number of carboxylic acid groups (broad SMARTS) is 1. The van der Waals surface area contributed by atoms with Crippen LogP contribution in [0, 0.1) is 19.8 Å². The van der Waals surface area contributed by atoms with Crippen LogP contribution in [0.4, 0.5) is 0 Å². The van der Waals surface area contributed by atoms with Crippen molar-refractivity contribution in [2.45, 2.75) is 52.0 Å². The van der Waals surface area contributed by atoms with Gasteiger partial charge in [0.1, 0.15) is 5.54 Å². The van der Waals surface area contributed by atoms with Crippen molar-refractivity contribution in [3.8, 4) is 0 Å². The third kappa shape index (κ3) is 2.89. The van der Waals surface area contributed by atoms with Crippen LogP contribution < -0.4 is 5.32 Å². The van der Waals surface area contributed by atoms with Gasteiger partial charge in [0.05, 0.1) is 17.0 Å². The number of nitrogens with zero attached hydrogens (tertiary/aromatic N) is 2. The van der Waals surface area contributed by atoms with Crippen LogP contribution in [-0.4, -0.2) is 32.7 Å². The van der Waals surface area contributed by atoms with Crippen LogP contribution in [0.3, 0.4) is 0 Å². The van der Waals surface area contributed by atoms with Gasteiger partial charge in [-0.15, -0.1) is 0 Å². The molecule has 0 aromatic carbocycles. The van der Waals surface area contributed by atoms with E-state index < -0.39 is 11.5 Å². The van der Waals surface area contributed by atoms with E-state index in [4.69, 9.17) is 0 Å². The predicted molar refractivity (Wildman–Crippen MR) is 77.0 cm³/mol. The van der Waals surface area contributed by atoms with Gasteiger partial charge in [0.15, 0.2) is 0 Å². The first-order valence-electron chi connectivity index (χ1n) is 7.23. The van der Waals surface area contributed by atoms with Crippen molar-refractivity contribution in [1.82, 2.24) is 15.5 Å². The molecule has 1 aromatic heterocycles. The topological polar surface area (TPSA) is 92.2 Å². The molecular formula is C15H21N3O3. The lowest BCUT2D eigenvalue weighted by Gasteiger charge is -2.39. The molecule has 1 amide bonds. The van der Waals surface area contributed by atoms with Crippen molar-refractivity contribution >= 4 is 11.9 Å². The number of rotatable bonds is 3. The molecule has 0 spiro atoms. The van der Waals surface area contributed by atoms with Gasteiger partial charge in [-0.2, -0.15) is 10.2 Å². The molecule has 0 bridgehead atoms. The van der Waals surface area contributed by atoms with Crippen molar-refractivity contribution in [3.63, 3.8) is 0 Å². The highest BCUT2D eigenvalue weighted by atomic mass is 16.4. The average molecular weight is 291 g/mol. The lowest BCUT2D eigenvalue weighted by Crippen LogP contribution is -2.60. The predicted octanol–water partition coefficient (Wildman–Crippen LogP) is 1.86. The number of amides is 1. The summed E-state index contributed by atoms with van der Waals surface area (Å²) >= 11 is 0. The highest BCUT2D eigenvalue weighted by Crippen LogP contribution is 2.34. The summed E-state index contributed by atoms with van der Waals surface area (Å²) < 4.78 is 0. The fraction of sp³-hybridized carbons (Fsp3) is 0.600. The molecule has 1 aliphatic carbocycles. The number of carbonyl (C=O) groups is 2. The fourth-order valence-corrected chi connectivity index (χ4v) is 2.95. The zero-order valence-electron chi connectivity index (χ0n) is 12.6. The number of aromatic nitrogens is 2. The molecule has 1 heterocycles. The summed E-state index contributed by atoms with van der Waals surface area (Å²) in [4.78, 5) is 24.3. The molecule has 0 saturated heterocycles. The molecule has 2 rings (SSSR count). The first-order valence-corrected chi connectivity index (χ1v) is 7.23. The summed E-state index contributed by atoms with van der Waals surface area (Å²) in [5, 5.41) is 20.2. The summed E-state index contributed by atoms with van der Waals surface area (Å²) in [6.07, 6.45) is 3.08. The number of aryl methyl sites for hydroxylation is 2. The Kier molecular flexibility index (Phi) is 4.25. The van der Waals surface area contributed by atoms with Crippen LogP contribution >= 0.6 is 0 Å². The Morgan fingerprint density at radius 3 is 2.67 bits per heavy atom. The molecule has 21 heavy (non-hydrogen) atoms. The number of hydrogen-bond donors (Lipinski definition) is 2. The number of carbonyl (C=O) groups excluding carboxylic acids is 1. The Morgan fingerprint density at radius 2 is 2.05 bits per heavy atom. The van der Waals surface area contributed by atoms with Crippen LogP contribution in [0.15, 0.2) is 6.07 Å². The Hall–Kier alpha value is -1.98. The van der Waals surface area contributed by atoms with Crippen LogP contribution in [0.5, 0.6) is 0 Å². The summed E-state index contributed by atoms with van der Waals surface area (Å²) in [6.45, 7) is 5.33. The number of nitrogens with one attached hydrogen (secondary N) is 1. The maximum absolute atomic E-state index is 12.5. The molecule has 1 saturated carbocycles. The van der Waals surface area contributed by atoms with Gasteiger partial charge in [-0.05, 0) is 38.7 Å².